The standard InChI is InChI=1S/C17H22O/c1-17(2,3)16(18)15-12-8-7-11-14(15)13-9-5-4-6-10-13/h4-6,9-11,15H,7-8,12H2,1-3H3. The number of Topliss-reactive ketones (excluding diaryl/α,β-unsaturated/α-hetero) is 1. The summed E-state index contributed by atoms with van der Waals surface area (Å²) in [4.78, 5) is 12.6. The van der Waals surface area contributed by atoms with Crippen LogP contribution in [0.5, 0.6) is 0 Å². The van der Waals surface area contributed by atoms with Crippen LogP contribution in [0.15, 0.2) is 36.4 Å². The molecule has 0 spiro atoms. The maximum atomic E-state index is 12.6. The first-order valence-corrected chi connectivity index (χ1v) is 6.80. The van der Waals surface area contributed by atoms with Gasteiger partial charge >= 0.3 is 0 Å². The normalized spacial score (nSPS) is 20.4. The van der Waals surface area contributed by atoms with Gasteiger partial charge in [0.25, 0.3) is 0 Å². The molecule has 0 saturated heterocycles. The van der Waals surface area contributed by atoms with Gasteiger partial charge in [0.1, 0.15) is 5.78 Å². The molecule has 0 bridgehead atoms. The van der Waals surface area contributed by atoms with Gasteiger partial charge in [-0.25, -0.2) is 0 Å². The smallest absolute Gasteiger partial charge is 0.145 e. The molecule has 1 atom stereocenters. The second-order valence-corrected chi connectivity index (χ2v) is 6.12. The molecule has 1 aromatic rings. The Labute approximate surface area is 110 Å². The van der Waals surface area contributed by atoms with Crippen LogP contribution in [0.25, 0.3) is 5.57 Å². The SMILES string of the molecule is CC(C)(C)C(=O)C1CCCC=C1c1ccccc1. The van der Waals surface area contributed by atoms with E-state index >= 15 is 0 Å². The lowest BCUT2D eigenvalue weighted by Crippen LogP contribution is -2.30. The van der Waals surface area contributed by atoms with E-state index in [-0.39, 0.29) is 11.3 Å². The van der Waals surface area contributed by atoms with Crippen LogP contribution in [0.3, 0.4) is 0 Å². The third kappa shape index (κ3) is 2.72. The van der Waals surface area contributed by atoms with Crippen LogP contribution >= 0.6 is 0 Å². The number of ketones is 1. The van der Waals surface area contributed by atoms with Crippen molar-refractivity contribution >= 4 is 11.4 Å². The van der Waals surface area contributed by atoms with E-state index in [1.54, 1.807) is 0 Å². The topological polar surface area (TPSA) is 17.1 Å². The predicted molar refractivity (Wildman–Crippen MR) is 76.2 cm³/mol. The highest BCUT2D eigenvalue weighted by atomic mass is 16.1. The highest BCUT2D eigenvalue weighted by molar-refractivity contribution is 5.96. The molecular weight excluding hydrogens is 220 g/mol. The van der Waals surface area contributed by atoms with Crippen molar-refractivity contribution in [3.8, 4) is 0 Å². The zero-order chi connectivity index (χ0) is 13.2. The van der Waals surface area contributed by atoms with Crippen molar-refractivity contribution in [1.29, 1.82) is 0 Å². The van der Waals surface area contributed by atoms with Crippen molar-refractivity contribution in [2.24, 2.45) is 11.3 Å². The van der Waals surface area contributed by atoms with E-state index in [1.165, 1.54) is 11.1 Å². The minimum atomic E-state index is -0.254. The first kappa shape index (κ1) is 13.1. The van der Waals surface area contributed by atoms with Crippen LogP contribution in [0, 0.1) is 11.3 Å². The summed E-state index contributed by atoms with van der Waals surface area (Å²) in [6.45, 7) is 6.06. The number of hydrogen-bond acceptors (Lipinski definition) is 1. The molecule has 0 saturated carbocycles. The number of allylic oxidation sites excluding steroid dienone is 2. The summed E-state index contributed by atoms with van der Waals surface area (Å²) in [5.74, 6) is 0.457. The van der Waals surface area contributed by atoms with Gasteiger partial charge in [0.2, 0.25) is 0 Å². The number of carbonyl (C=O) groups is 1. The van der Waals surface area contributed by atoms with E-state index in [0.29, 0.717) is 5.78 Å². The molecular formula is C17H22O. The van der Waals surface area contributed by atoms with Gasteiger partial charge in [0.15, 0.2) is 0 Å². The van der Waals surface area contributed by atoms with Crippen LogP contribution in [0.4, 0.5) is 0 Å². The molecule has 2 rings (SSSR count). The van der Waals surface area contributed by atoms with Gasteiger partial charge in [0, 0.05) is 11.3 Å². The van der Waals surface area contributed by atoms with Crippen LogP contribution in [-0.4, -0.2) is 5.78 Å². The second-order valence-electron chi connectivity index (χ2n) is 6.12. The monoisotopic (exact) mass is 242 g/mol. The van der Waals surface area contributed by atoms with E-state index in [0.717, 1.165) is 19.3 Å². The van der Waals surface area contributed by atoms with Gasteiger partial charge < -0.3 is 0 Å². The summed E-state index contributed by atoms with van der Waals surface area (Å²) in [5.41, 5.74) is 2.19. The summed E-state index contributed by atoms with van der Waals surface area (Å²) >= 11 is 0. The number of carbonyl (C=O) groups excluding carboxylic acids is 1. The van der Waals surface area contributed by atoms with Crippen LogP contribution in [0.2, 0.25) is 0 Å². The third-order valence-corrected chi connectivity index (χ3v) is 3.60. The van der Waals surface area contributed by atoms with Gasteiger partial charge in [-0.1, -0.05) is 57.2 Å². The molecule has 0 N–H and O–H groups in total. The van der Waals surface area contributed by atoms with Gasteiger partial charge in [-0.05, 0) is 30.4 Å². The zero-order valence-electron chi connectivity index (χ0n) is 11.6. The first-order chi connectivity index (χ1) is 8.50. The Morgan fingerprint density at radius 3 is 2.44 bits per heavy atom. The maximum absolute atomic E-state index is 12.6. The lowest BCUT2D eigenvalue weighted by atomic mass is 9.73. The minimum absolute atomic E-state index is 0.0844. The summed E-state index contributed by atoms with van der Waals surface area (Å²) in [5, 5.41) is 0. The molecule has 0 amide bonds. The molecule has 1 nitrogen and oxygen atoms in total. The molecule has 96 valence electrons. The third-order valence-electron chi connectivity index (χ3n) is 3.60. The molecule has 0 radical (unpaired) electrons. The zero-order valence-corrected chi connectivity index (χ0v) is 11.6. The van der Waals surface area contributed by atoms with Crippen molar-refractivity contribution in [2.75, 3.05) is 0 Å². The van der Waals surface area contributed by atoms with E-state index in [1.807, 2.05) is 39.0 Å². The van der Waals surface area contributed by atoms with Crippen molar-refractivity contribution in [2.45, 2.75) is 40.0 Å². The fourth-order valence-corrected chi connectivity index (χ4v) is 2.62. The number of benzene rings is 1. The molecule has 1 aliphatic carbocycles. The summed E-state index contributed by atoms with van der Waals surface area (Å²) in [7, 11) is 0. The van der Waals surface area contributed by atoms with E-state index in [9.17, 15) is 4.79 Å². The molecule has 1 aromatic carbocycles. The average molecular weight is 242 g/mol. The lowest BCUT2D eigenvalue weighted by molar-refractivity contribution is -0.128. The van der Waals surface area contributed by atoms with Gasteiger partial charge in [-0.3, -0.25) is 4.79 Å². The lowest BCUT2D eigenvalue weighted by Gasteiger charge is -2.29. The summed E-state index contributed by atoms with van der Waals surface area (Å²) < 4.78 is 0. The summed E-state index contributed by atoms with van der Waals surface area (Å²) in [6.07, 6.45) is 5.48. The van der Waals surface area contributed by atoms with Crippen molar-refractivity contribution in [1.82, 2.24) is 0 Å². The Balaban J connectivity index is 2.33. The van der Waals surface area contributed by atoms with E-state index < -0.39 is 0 Å². The summed E-state index contributed by atoms with van der Waals surface area (Å²) in [6, 6.07) is 10.3. The van der Waals surface area contributed by atoms with Crippen LogP contribution in [-0.2, 0) is 4.79 Å². The van der Waals surface area contributed by atoms with Crippen molar-refractivity contribution < 1.29 is 4.79 Å². The van der Waals surface area contributed by atoms with Crippen molar-refractivity contribution in [3.05, 3.63) is 42.0 Å². The molecule has 0 fully saturated rings. The fraction of sp³-hybridized carbons (Fsp3) is 0.471. The highest BCUT2D eigenvalue weighted by Crippen LogP contribution is 2.37. The Morgan fingerprint density at radius 2 is 1.83 bits per heavy atom. The minimum Gasteiger partial charge on any atom is -0.298 e. The second kappa shape index (κ2) is 5.09. The Kier molecular flexibility index (Phi) is 3.70. The van der Waals surface area contributed by atoms with Gasteiger partial charge in [-0.15, -0.1) is 0 Å². The molecule has 1 heteroatoms. The first-order valence-electron chi connectivity index (χ1n) is 6.80. The average Bonchev–Trinajstić information content (AvgIpc) is 2.38. The van der Waals surface area contributed by atoms with E-state index in [2.05, 4.69) is 18.2 Å². The molecule has 1 aliphatic rings. The molecule has 0 aliphatic heterocycles. The Morgan fingerprint density at radius 1 is 1.17 bits per heavy atom. The van der Waals surface area contributed by atoms with Crippen molar-refractivity contribution in [3.63, 3.8) is 0 Å². The Hall–Kier alpha value is -1.37. The molecule has 18 heavy (non-hydrogen) atoms. The Bertz CT molecular complexity index is 448. The molecule has 0 heterocycles. The number of rotatable bonds is 2. The highest BCUT2D eigenvalue weighted by Gasteiger charge is 2.33. The molecule has 0 aromatic heterocycles. The van der Waals surface area contributed by atoms with E-state index in [4.69, 9.17) is 0 Å². The largest absolute Gasteiger partial charge is 0.298 e. The van der Waals surface area contributed by atoms with Gasteiger partial charge in [0.05, 0.1) is 0 Å². The van der Waals surface area contributed by atoms with Crippen LogP contribution in [0.1, 0.15) is 45.6 Å². The maximum Gasteiger partial charge on any atom is 0.145 e. The quantitative estimate of drug-likeness (QED) is 0.747. The number of hydrogen-bond donors (Lipinski definition) is 0. The molecule has 1 unspecified atom stereocenters. The fourth-order valence-electron chi connectivity index (χ4n) is 2.62. The van der Waals surface area contributed by atoms with Crippen LogP contribution < -0.4 is 0 Å². The van der Waals surface area contributed by atoms with Gasteiger partial charge in [-0.2, -0.15) is 0 Å². The predicted octanol–water partition coefficient (Wildman–Crippen LogP) is 4.49.